The van der Waals surface area contributed by atoms with E-state index in [0.29, 0.717) is 23.1 Å². The van der Waals surface area contributed by atoms with Gasteiger partial charge in [0.05, 0.1) is 22.9 Å². The van der Waals surface area contributed by atoms with Crippen molar-refractivity contribution in [2.45, 2.75) is 63.6 Å². The van der Waals surface area contributed by atoms with Crippen molar-refractivity contribution in [3.63, 3.8) is 0 Å². The first kappa shape index (κ1) is 24.9. The van der Waals surface area contributed by atoms with Gasteiger partial charge in [-0.15, -0.1) is 0 Å². The number of aromatic nitrogens is 1. The number of halogens is 3. The quantitative estimate of drug-likeness (QED) is 0.539. The van der Waals surface area contributed by atoms with E-state index in [2.05, 4.69) is 22.6 Å². The predicted octanol–water partition coefficient (Wildman–Crippen LogP) is 4.89. The van der Waals surface area contributed by atoms with Gasteiger partial charge in [-0.1, -0.05) is 18.2 Å². The van der Waals surface area contributed by atoms with Crippen molar-refractivity contribution in [1.82, 2.24) is 14.8 Å². The molecule has 2 saturated carbocycles. The van der Waals surface area contributed by atoms with Gasteiger partial charge >= 0.3 is 0 Å². The topological polar surface area (TPSA) is 66.4 Å². The maximum atomic E-state index is 14.7. The van der Waals surface area contributed by atoms with E-state index in [0.717, 1.165) is 38.4 Å². The molecule has 0 unspecified atom stereocenters. The lowest BCUT2D eigenvalue weighted by atomic mass is 10.0. The number of likely N-dealkylation sites (tertiary alicyclic amines) is 1. The van der Waals surface area contributed by atoms with Crippen LogP contribution in [0.4, 0.5) is 18.9 Å². The molecule has 0 radical (unpaired) electrons. The van der Waals surface area contributed by atoms with E-state index >= 15 is 0 Å². The molecule has 3 aliphatic rings. The Hall–Kier alpha value is -2.81. The molecule has 36 heavy (non-hydrogen) atoms. The van der Waals surface area contributed by atoms with Crippen LogP contribution in [0.15, 0.2) is 35.3 Å². The van der Waals surface area contributed by atoms with E-state index in [1.54, 1.807) is 17.7 Å². The molecular weight excluding hydrogens is 469 g/mol. The monoisotopic (exact) mass is 502 g/mol. The van der Waals surface area contributed by atoms with Gasteiger partial charge < -0.3 is 20.1 Å². The number of benzene rings is 1. The van der Waals surface area contributed by atoms with Gasteiger partial charge in [0.1, 0.15) is 5.82 Å². The van der Waals surface area contributed by atoms with Gasteiger partial charge in [0.15, 0.2) is 0 Å². The summed E-state index contributed by atoms with van der Waals surface area (Å²) in [5, 5.41) is 6.17. The predicted molar refractivity (Wildman–Crippen MR) is 132 cm³/mol. The molecule has 3 fully saturated rings. The molecule has 6 nitrogen and oxygen atoms in total. The Morgan fingerprint density at radius 2 is 1.81 bits per heavy atom. The second kappa shape index (κ2) is 9.92. The molecule has 1 amide bonds. The number of alkyl halides is 2. The summed E-state index contributed by atoms with van der Waals surface area (Å²) in [6.07, 6.45) is 3.78. The minimum absolute atomic E-state index is 0.00436. The maximum absolute atomic E-state index is 14.7. The second-order valence-corrected chi connectivity index (χ2v) is 10.6. The van der Waals surface area contributed by atoms with Gasteiger partial charge in [0.25, 0.3) is 17.9 Å². The smallest absolute Gasteiger partial charge is 0.266 e. The zero-order valence-corrected chi connectivity index (χ0v) is 20.6. The van der Waals surface area contributed by atoms with Crippen molar-refractivity contribution < 1.29 is 18.0 Å². The molecule has 1 aromatic carbocycles. The number of hydrogen-bond acceptors (Lipinski definition) is 4. The number of nitrogens with zero attached hydrogens (tertiary/aromatic N) is 2. The molecule has 2 N–H and O–H groups in total. The number of carbonyl (C=O) groups excluding carboxylic acids is 1. The van der Waals surface area contributed by atoms with Gasteiger partial charge in [-0.2, -0.15) is 0 Å². The average Bonchev–Trinajstić information content (AvgIpc) is 3.74. The molecule has 0 bridgehead atoms. The number of rotatable bonds is 8. The summed E-state index contributed by atoms with van der Waals surface area (Å²) in [5.41, 5.74) is -0.0612. The number of pyridine rings is 1. The standard InChI is InChI=1S/C27H33F3N4O2/c1-15(18-4-3-5-19(25(18)28)26(29)30)31-27(36)21-14-34(23-12-20(23)16-6-7-16)24(35)13-22(21)32-17-8-10-33(2)11-9-17/h3-5,13-17,20,23,26,32H,6-12H2,1-2H3,(H,31,36)/t15-,20+,23-/m1/s1. The van der Waals surface area contributed by atoms with E-state index in [-0.39, 0.29) is 23.2 Å². The van der Waals surface area contributed by atoms with Crippen LogP contribution in [-0.4, -0.2) is 41.6 Å². The normalized spacial score (nSPS) is 23.5. The van der Waals surface area contributed by atoms with Crippen LogP contribution < -0.4 is 16.2 Å². The third-order valence-electron chi connectivity index (χ3n) is 7.90. The van der Waals surface area contributed by atoms with E-state index in [1.165, 1.54) is 31.0 Å². The van der Waals surface area contributed by atoms with Crippen molar-refractivity contribution in [2.24, 2.45) is 11.8 Å². The first-order chi connectivity index (χ1) is 17.2. The molecule has 9 heteroatoms. The van der Waals surface area contributed by atoms with E-state index < -0.39 is 29.8 Å². The zero-order chi connectivity index (χ0) is 25.6. The number of piperidine rings is 1. The van der Waals surface area contributed by atoms with Crippen LogP contribution in [0.5, 0.6) is 0 Å². The van der Waals surface area contributed by atoms with E-state index in [1.807, 2.05) is 0 Å². The molecule has 194 valence electrons. The van der Waals surface area contributed by atoms with Gasteiger partial charge in [0, 0.05) is 29.9 Å². The molecular formula is C27H33F3N4O2. The summed E-state index contributed by atoms with van der Waals surface area (Å²) < 4.78 is 42.7. The van der Waals surface area contributed by atoms with Gasteiger partial charge in [-0.3, -0.25) is 9.59 Å². The lowest BCUT2D eigenvalue weighted by molar-refractivity contribution is 0.0939. The summed E-state index contributed by atoms with van der Waals surface area (Å²) in [6.45, 7) is 3.39. The van der Waals surface area contributed by atoms with Gasteiger partial charge in [-0.25, -0.2) is 13.2 Å². The molecule has 2 aromatic rings. The molecule has 0 spiro atoms. The molecule has 3 atom stereocenters. The number of amides is 1. The highest BCUT2D eigenvalue weighted by Crippen LogP contribution is 2.56. The zero-order valence-electron chi connectivity index (χ0n) is 20.6. The van der Waals surface area contributed by atoms with Crippen molar-refractivity contribution in [3.05, 3.63) is 63.3 Å². The van der Waals surface area contributed by atoms with Crippen LogP contribution in [-0.2, 0) is 0 Å². The lowest BCUT2D eigenvalue weighted by Crippen LogP contribution is -2.38. The highest BCUT2D eigenvalue weighted by atomic mass is 19.3. The fraction of sp³-hybridized carbons (Fsp3) is 0.556. The Morgan fingerprint density at radius 1 is 1.11 bits per heavy atom. The van der Waals surface area contributed by atoms with E-state index in [9.17, 15) is 22.8 Å². The first-order valence-electron chi connectivity index (χ1n) is 12.8. The number of carbonyl (C=O) groups is 1. The molecule has 1 saturated heterocycles. The fourth-order valence-corrected chi connectivity index (χ4v) is 5.46. The largest absolute Gasteiger partial charge is 0.381 e. The lowest BCUT2D eigenvalue weighted by Gasteiger charge is -2.30. The maximum Gasteiger partial charge on any atom is 0.266 e. The van der Waals surface area contributed by atoms with Crippen LogP contribution in [0, 0.1) is 17.7 Å². The van der Waals surface area contributed by atoms with Crippen LogP contribution >= 0.6 is 0 Å². The Labute approximate surface area is 208 Å². The minimum atomic E-state index is -2.94. The van der Waals surface area contributed by atoms with Crippen molar-refractivity contribution in [3.8, 4) is 0 Å². The molecule has 1 aromatic heterocycles. The first-order valence-corrected chi connectivity index (χ1v) is 12.8. The van der Waals surface area contributed by atoms with Gasteiger partial charge in [-0.05, 0) is 71.0 Å². The number of anilines is 1. The minimum Gasteiger partial charge on any atom is -0.381 e. The second-order valence-electron chi connectivity index (χ2n) is 10.6. The Bertz CT molecular complexity index is 1190. The van der Waals surface area contributed by atoms with Crippen LogP contribution in [0.1, 0.15) is 79.0 Å². The summed E-state index contributed by atoms with van der Waals surface area (Å²) in [6, 6.07) is 4.69. The third-order valence-corrected chi connectivity index (χ3v) is 7.90. The molecule has 2 aliphatic carbocycles. The summed E-state index contributed by atoms with van der Waals surface area (Å²) in [4.78, 5) is 28.7. The van der Waals surface area contributed by atoms with Crippen LogP contribution in [0.2, 0.25) is 0 Å². The summed E-state index contributed by atoms with van der Waals surface area (Å²) in [7, 11) is 2.06. The van der Waals surface area contributed by atoms with Crippen molar-refractivity contribution in [1.29, 1.82) is 0 Å². The molecule has 5 rings (SSSR count). The Kier molecular flexibility index (Phi) is 6.85. The highest BCUT2D eigenvalue weighted by Gasteiger charge is 2.49. The van der Waals surface area contributed by atoms with Crippen LogP contribution in [0.3, 0.4) is 0 Å². The average molecular weight is 503 g/mol. The van der Waals surface area contributed by atoms with E-state index in [4.69, 9.17) is 0 Å². The Balaban J connectivity index is 1.41. The van der Waals surface area contributed by atoms with Crippen LogP contribution in [0.25, 0.3) is 0 Å². The fourth-order valence-electron chi connectivity index (χ4n) is 5.46. The van der Waals surface area contributed by atoms with Crippen molar-refractivity contribution >= 4 is 11.6 Å². The molecule has 2 heterocycles. The number of nitrogens with one attached hydrogen (secondary N) is 2. The third kappa shape index (κ3) is 5.16. The Morgan fingerprint density at radius 3 is 2.47 bits per heavy atom. The SMILES string of the molecule is C[C@@H](NC(=O)c1cn([C@@H]2C[C@H]2C2CC2)c(=O)cc1NC1CCN(C)CC1)c1cccc(C(F)F)c1F. The van der Waals surface area contributed by atoms with Crippen molar-refractivity contribution in [2.75, 3.05) is 25.5 Å². The van der Waals surface area contributed by atoms with Gasteiger partial charge in [0.2, 0.25) is 0 Å². The number of hydrogen-bond donors (Lipinski definition) is 2. The summed E-state index contributed by atoms with van der Waals surface area (Å²) in [5.74, 6) is -0.338. The molecule has 1 aliphatic heterocycles. The summed E-state index contributed by atoms with van der Waals surface area (Å²) >= 11 is 0. The highest BCUT2D eigenvalue weighted by molar-refractivity contribution is 5.99.